The van der Waals surface area contributed by atoms with Gasteiger partial charge in [-0.05, 0) is 132 Å². The third-order valence-electron chi connectivity index (χ3n) is 5.35. The van der Waals surface area contributed by atoms with E-state index in [0.717, 1.165) is 19.2 Å². The second-order valence-corrected chi connectivity index (χ2v) is 11.4. The summed E-state index contributed by atoms with van der Waals surface area (Å²) in [6.45, 7) is 0.889. The molecule has 8 heteroatoms. The second kappa shape index (κ2) is 13.8. The van der Waals surface area contributed by atoms with Crippen LogP contribution in [0.25, 0.3) is 6.08 Å². The maximum Gasteiger partial charge on any atom is 0.266 e. The van der Waals surface area contributed by atoms with Crippen LogP contribution in [0.4, 0.5) is 5.69 Å². The quantitative estimate of drug-likeness (QED) is 0.105. The van der Waals surface area contributed by atoms with Crippen LogP contribution in [-0.4, -0.2) is 5.91 Å². The van der Waals surface area contributed by atoms with Gasteiger partial charge in [-0.3, -0.25) is 4.79 Å². The number of nitriles is 1. The summed E-state index contributed by atoms with van der Waals surface area (Å²) in [7, 11) is 0. The Labute approximate surface area is 257 Å². The molecule has 0 aliphatic heterocycles. The van der Waals surface area contributed by atoms with Crippen molar-refractivity contribution in [1.82, 2.24) is 0 Å². The van der Waals surface area contributed by atoms with Crippen molar-refractivity contribution >= 4 is 78.8 Å². The van der Waals surface area contributed by atoms with Gasteiger partial charge in [-0.15, -0.1) is 0 Å². The number of anilines is 1. The van der Waals surface area contributed by atoms with E-state index in [9.17, 15) is 10.1 Å². The molecule has 4 rings (SSSR count). The molecule has 0 bridgehead atoms. The highest BCUT2D eigenvalue weighted by molar-refractivity contribution is 14.1. The first-order valence-corrected chi connectivity index (χ1v) is 14.4. The van der Waals surface area contributed by atoms with E-state index in [2.05, 4.69) is 66.4 Å². The molecule has 0 saturated carbocycles. The number of halogens is 3. The summed E-state index contributed by atoms with van der Waals surface area (Å²) < 4.78 is 14.6. The summed E-state index contributed by atoms with van der Waals surface area (Å²) >= 11 is 8.02. The summed E-state index contributed by atoms with van der Waals surface area (Å²) in [5, 5.41) is 12.4. The third-order valence-corrected chi connectivity index (χ3v) is 7.46. The summed E-state index contributed by atoms with van der Waals surface area (Å²) in [5.74, 6) is 0.904. The predicted molar refractivity (Wildman–Crippen MR) is 170 cm³/mol. The lowest BCUT2D eigenvalue weighted by Gasteiger charge is -2.12. The normalized spacial score (nSPS) is 10.9. The molecule has 0 radical (unpaired) electrons. The van der Waals surface area contributed by atoms with Gasteiger partial charge in [0.1, 0.15) is 36.4 Å². The number of amides is 1. The molecular formula is C30H21BrI2N2O3. The highest BCUT2D eigenvalue weighted by Gasteiger charge is 2.13. The van der Waals surface area contributed by atoms with Gasteiger partial charge in [0.2, 0.25) is 0 Å². The van der Waals surface area contributed by atoms with Gasteiger partial charge >= 0.3 is 0 Å². The fraction of sp³-hybridized carbons (Fsp3) is 0.0667. The van der Waals surface area contributed by atoms with Crippen LogP contribution in [0.15, 0.2) is 101 Å². The van der Waals surface area contributed by atoms with Crippen LogP contribution in [0.5, 0.6) is 11.5 Å². The molecule has 0 aliphatic rings. The van der Waals surface area contributed by atoms with Crippen LogP contribution in [-0.2, 0) is 18.0 Å². The number of nitrogens with one attached hydrogen (secondary N) is 1. The first-order chi connectivity index (χ1) is 18.4. The fourth-order valence-electron chi connectivity index (χ4n) is 3.43. The summed E-state index contributed by atoms with van der Waals surface area (Å²) in [6.07, 6.45) is 1.56. The second-order valence-electron chi connectivity index (χ2n) is 8.15. The summed E-state index contributed by atoms with van der Waals surface area (Å²) in [4.78, 5) is 12.8. The Morgan fingerprint density at radius 3 is 2.21 bits per heavy atom. The van der Waals surface area contributed by atoms with E-state index < -0.39 is 5.91 Å². The van der Waals surface area contributed by atoms with Crippen molar-refractivity contribution in [2.45, 2.75) is 13.2 Å². The van der Waals surface area contributed by atoms with Crippen molar-refractivity contribution in [1.29, 1.82) is 5.26 Å². The third kappa shape index (κ3) is 8.06. The number of rotatable bonds is 9. The molecule has 1 N–H and O–H groups in total. The molecule has 0 heterocycles. The largest absolute Gasteiger partial charge is 0.489 e. The Kier molecular flexibility index (Phi) is 10.2. The number of ether oxygens (including phenoxy) is 2. The molecular weight excluding hydrogens is 770 g/mol. The molecule has 0 aliphatic carbocycles. The number of hydrogen-bond donors (Lipinski definition) is 1. The Balaban J connectivity index is 1.39. The van der Waals surface area contributed by atoms with Gasteiger partial charge in [-0.25, -0.2) is 0 Å². The zero-order chi connectivity index (χ0) is 26.9. The minimum Gasteiger partial charge on any atom is -0.489 e. The molecule has 0 aromatic heterocycles. The first kappa shape index (κ1) is 28.1. The average Bonchev–Trinajstić information content (AvgIpc) is 2.92. The number of nitrogens with zero attached hydrogens (tertiary/aromatic N) is 1. The van der Waals surface area contributed by atoms with Gasteiger partial charge in [0.15, 0.2) is 0 Å². The first-order valence-electron chi connectivity index (χ1n) is 11.5. The average molecular weight is 791 g/mol. The number of hydrogen-bond acceptors (Lipinski definition) is 4. The lowest BCUT2D eigenvalue weighted by molar-refractivity contribution is -0.112. The lowest BCUT2D eigenvalue weighted by Crippen LogP contribution is -2.13. The van der Waals surface area contributed by atoms with Crippen LogP contribution >= 0.6 is 61.1 Å². The van der Waals surface area contributed by atoms with Gasteiger partial charge in [0.05, 0.1) is 8.04 Å². The Morgan fingerprint density at radius 1 is 0.895 bits per heavy atom. The Bertz CT molecular complexity index is 1460. The maximum absolute atomic E-state index is 12.8. The van der Waals surface area contributed by atoms with Crippen LogP contribution in [0.3, 0.4) is 0 Å². The monoisotopic (exact) mass is 790 g/mol. The van der Waals surface area contributed by atoms with E-state index in [1.54, 1.807) is 30.3 Å². The SMILES string of the molecule is N#C/C(=C\c1cc(Br)c(OCc2ccc(I)cc2)c(I)c1)C(=O)Nc1ccc(OCc2ccccc2)cc1. The van der Waals surface area contributed by atoms with Crippen molar-refractivity contribution in [3.8, 4) is 17.6 Å². The van der Waals surface area contributed by atoms with Crippen LogP contribution in [0.2, 0.25) is 0 Å². The number of benzene rings is 4. The smallest absolute Gasteiger partial charge is 0.266 e. The van der Waals surface area contributed by atoms with Gasteiger partial charge < -0.3 is 14.8 Å². The Hall–Kier alpha value is -2.88. The molecule has 38 heavy (non-hydrogen) atoms. The molecule has 0 unspecified atom stereocenters. The van der Waals surface area contributed by atoms with Crippen molar-refractivity contribution < 1.29 is 14.3 Å². The molecule has 4 aromatic rings. The standard InChI is InChI=1S/C30H21BrI2N2O3/c31-27-15-22(16-28(33)29(27)38-19-21-6-8-24(32)9-7-21)14-23(17-34)30(36)35-25-10-12-26(13-11-25)37-18-20-4-2-1-3-5-20/h1-16H,18-19H2,(H,35,36)/b23-14+. The predicted octanol–water partition coefficient (Wildman–Crippen LogP) is 8.36. The summed E-state index contributed by atoms with van der Waals surface area (Å²) in [5.41, 5.74) is 3.40. The van der Waals surface area contributed by atoms with E-state index in [-0.39, 0.29) is 5.57 Å². The minimum atomic E-state index is -0.490. The van der Waals surface area contributed by atoms with E-state index in [1.165, 1.54) is 3.57 Å². The molecule has 0 spiro atoms. The number of carbonyl (C=O) groups is 1. The Morgan fingerprint density at radius 2 is 1.55 bits per heavy atom. The van der Waals surface area contributed by atoms with Crippen molar-refractivity contribution in [3.63, 3.8) is 0 Å². The molecule has 5 nitrogen and oxygen atoms in total. The van der Waals surface area contributed by atoms with E-state index >= 15 is 0 Å². The molecule has 190 valence electrons. The van der Waals surface area contributed by atoms with Crippen LogP contribution in [0, 0.1) is 18.5 Å². The zero-order valence-electron chi connectivity index (χ0n) is 20.0. The summed E-state index contributed by atoms with van der Waals surface area (Å²) in [6, 6.07) is 30.8. The van der Waals surface area contributed by atoms with Gasteiger partial charge in [0.25, 0.3) is 5.91 Å². The van der Waals surface area contributed by atoms with E-state index in [0.29, 0.717) is 36.0 Å². The minimum absolute atomic E-state index is 0.00957. The van der Waals surface area contributed by atoms with Crippen molar-refractivity contribution in [2.75, 3.05) is 5.32 Å². The molecule has 0 fully saturated rings. The zero-order valence-corrected chi connectivity index (χ0v) is 25.9. The van der Waals surface area contributed by atoms with Gasteiger partial charge in [-0.2, -0.15) is 5.26 Å². The van der Waals surface area contributed by atoms with Gasteiger partial charge in [0, 0.05) is 9.26 Å². The number of carbonyl (C=O) groups excluding carboxylic acids is 1. The van der Waals surface area contributed by atoms with Gasteiger partial charge in [-0.1, -0.05) is 42.5 Å². The van der Waals surface area contributed by atoms with Crippen molar-refractivity contribution in [3.05, 3.63) is 125 Å². The highest BCUT2D eigenvalue weighted by Crippen LogP contribution is 2.33. The fourth-order valence-corrected chi connectivity index (χ4v) is 5.55. The molecule has 4 aromatic carbocycles. The highest BCUT2D eigenvalue weighted by atomic mass is 127. The lowest BCUT2D eigenvalue weighted by atomic mass is 10.1. The molecule has 1 amide bonds. The van der Waals surface area contributed by atoms with Crippen LogP contribution < -0.4 is 14.8 Å². The molecule has 0 atom stereocenters. The van der Waals surface area contributed by atoms with Crippen molar-refractivity contribution in [2.24, 2.45) is 0 Å². The maximum atomic E-state index is 12.8. The van der Waals surface area contributed by atoms with E-state index in [1.807, 2.05) is 72.8 Å². The van der Waals surface area contributed by atoms with E-state index in [4.69, 9.17) is 9.47 Å². The molecule has 0 saturated heterocycles. The van der Waals surface area contributed by atoms with Crippen LogP contribution in [0.1, 0.15) is 16.7 Å². The topological polar surface area (TPSA) is 71.3 Å².